The van der Waals surface area contributed by atoms with Gasteiger partial charge in [0.05, 0.1) is 0 Å². The summed E-state index contributed by atoms with van der Waals surface area (Å²) in [5.41, 5.74) is 1.36. The molecule has 3 aromatic carbocycles. The van der Waals surface area contributed by atoms with Crippen LogP contribution in [0.2, 0.25) is 0 Å². The molecule has 3 rings (SSSR count). The minimum atomic E-state index is -1.19. The van der Waals surface area contributed by atoms with Crippen LogP contribution in [0.3, 0.4) is 0 Å². The van der Waals surface area contributed by atoms with Crippen molar-refractivity contribution >= 4 is 11.8 Å². The van der Waals surface area contributed by atoms with Gasteiger partial charge >= 0.3 is 0 Å². The monoisotopic (exact) mass is 410 g/mol. The molecule has 2 amide bonds. The number of amides is 2. The topological polar surface area (TPSA) is 67.4 Å². The van der Waals surface area contributed by atoms with Gasteiger partial charge in [-0.15, -0.1) is 0 Å². The second kappa shape index (κ2) is 9.65. The van der Waals surface area contributed by atoms with Crippen LogP contribution < -0.4 is 15.4 Å². The highest BCUT2D eigenvalue weighted by atomic mass is 19.2. The maximum Gasteiger partial charge on any atom is 0.252 e. The van der Waals surface area contributed by atoms with E-state index in [-0.39, 0.29) is 11.1 Å². The molecule has 154 valence electrons. The third-order valence-electron chi connectivity index (χ3n) is 4.41. The number of ether oxygens (including phenoxy) is 1. The van der Waals surface area contributed by atoms with E-state index in [0.717, 1.165) is 17.7 Å². The molecular weight excluding hydrogens is 390 g/mol. The summed E-state index contributed by atoms with van der Waals surface area (Å²) >= 11 is 0. The van der Waals surface area contributed by atoms with Gasteiger partial charge in [0.1, 0.15) is 18.4 Å². The van der Waals surface area contributed by atoms with E-state index in [2.05, 4.69) is 10.6 Å². The Bertz CT molecular complexity index is 1040. The molecule has 0 saturated heterocycles. The van der Waals surface area contributed by atoms with Gasteiger partial charge in [0.15, 0.2) is 11.6 Å². The molecule has 1 atom stereocenters. The average molecular weight is 410 g/mol. The van der Waals surface area contributed by atoms with Crippen LogP contribution in [0.5, 0.6) is 5.75 Å². The zero-order valence-corrected chi connectivity index (χ0v) is 16.2. The van der Waals surface area contributed by atoms with E-state index in [1.54, 1.807) is 24.3 Å². The molecule has 0 spiro atoms. The molecule has 1 unspecified atom stereocenters. The summed E-state index contributed by atoms with van der Waals surface area (Å²) < 4.78 is 32.6. The van der Waals surface area contributed by atoms with Crippen LogP contribution in [-0.2, 0) is 11.4 Å². The van der Waals surface area contributed by atoms with Gasteiger partial charge in [-0.2, -0.15) is 0 Å². The van der Waals surface area contributed by atoms with Crippen LogP contribution in [-0.4, -0.2) is 18.9 Å². The number of hydrogen-bond donors (Lipinski definition) is 2. The van der Waals surface area contributed by atoms with Gasteiger partial charge < -0.3 is 15.4 Å². The van der Waals surface area contributed by atoms with E-state index in [1.165, 1.54) is 13.1 Å². The number of likely N-dealkylation sites (N-methyl/N-ethyl adjacent to an activating group) is 1. The quantitative estimate of drug-likeness (QED) is 0.623. The van der Waals surface area contributed by atoms with Crippen molar-refractivity contribution in [3.8, 4) is 5.75 Å². The number of hydrogen-bond acceptors (Lipinski definition) is 3. The first-order valence-corrected chi connectivity index (χ1v) is 9.22. The Morgan fingerprint density at radius 2 is 1.70 bits per heavy atom. The molecule has 0 aliphatic carbocycles. The standard InChI is InChI=1S/C23H20F2N2O3/c1-26-23(29)21(16-10-11-19(24)20(25)13-16)27-22(28)17-8-5-9-18(12-17)30-14-15-6-3-2-4-7-15/h2-13,21H,14H2,1H3,(H,26,29)(H,27,28). The van der Waals surface area contributed by atoms with Crippen molar-refractivity contribution in [2.75, 3.05) is 7.05 Å². The Morgan fingerprint density at radius 3 is 2.40 bits per heavy atom. The molecule has 0 aromatic heterocycles. The smallest absolute Gasteiger partial charge is 0.252 e. The molecule has 0 saturated carbocycles. The lowest BCUT2D eigenvalue weighted by atomic mass is 10.0. The first-order chi connectivity index (χ1) is 14.5. The molecule has 0 heterocycles. The molecule has 30 heavy (non-hydrogen) atoms. The molecule has 0 aliphatic rings. The Labute approximate surface area is 172 Å². The lowest BCUT2D eigenvalue weighted by Gasteiger charge is -2.18. The van der Waals surface area contributed by atoms with E-state index >= 15 is 0 Å². The Balaban J connectivity index is 1.75. The second-order valence-electron chi connectivity index (χ2n) is 6.50. The summed E-state index contributed by atoms with van der Waals surface area (Å²) in [7, 11) is 1.39. The van der Waals surface area contributed by atoms with E-state index in [9.17, 15) is 18.4 Å². The van der Waals surface area contributed by atoms with Gasteiger partial charge in [-0.05, 0) is 41.5 Å². The first-order valence-electron chi connectivity index (χ1n) is 9.22. The third-order valence-corrected chi connectivity index (χ3v) is 4.41. The number of carbonyl (C=O) groups excluding carboxylic acids is 2. The molecule has 0 aliphatic heterocycles. The van der Waals surface area contributed by atoms with Crippen LogP contribution >= 0.6 is 0 Å². The fourth-order valence-corrected chi connectivity index (χ4v) is 2.82. The Kier molecular flexibility index (Phi) is 6.75. The van der Waals surface area contributed by atoms with E-state index in [4.69, 9.17) is 4.74 Å². The highest BCUT2D eigenvalue weighted by Gasteiger charge is 2.23. The summed E-state index contributed by atoms with van der Waals surface area (Å²) in [6, 6.07) is 17.9. The zero-order chi connectivity index (χ0) is 21.5. The molecule has 0 bridgehead atoms. The number of carbonyl (C=O) groups is 2. The van der Waals surface area contributed by atoms with Gasteiger partial charge in [-0.3, -0.25) is 9.59 Å². The van der Waals surface area contributed by atoms with Crippen molar-refractivity contribution in [1.82, 2.24) is 10.6 Å². The molecule has 5 nitrogen and oxygen atoms in total. The number of halogens is 2. The number of nitrogens with one attached hydrogen (secondary N) is 2. The molecule has 0 fully saturated rings. The predicted molar refractivity (Wildman–Crippen MR) is 108 cm³/mol. The molecule has 0 radical (unpaired) electrons. The molecular formula is C23H20F2N2O3. The maximum absolute atomic E-state index is 13.6. The van der Waals surface area contributed by atoms with Crippen LogP contribution in [0.15, 0.2) is 72.8 Å². The summed E-state index contributed by atoms with van der Waals surface area (Å²) in [6.07, 6.45) is 0. The minimum absolute atomic E-state index is 0.123. The van der Waals surface area contributed by atoms with Gasteiger partial charge in [0.25, 0.3) is 5.91 Å². The maximum atomic E-state index is 13.6. The lowest BCUT2D eigenvalue weighted by Crippen LogP contribution is -2.39. The molecule has 3 aromatic rings. The van der Waals surface area contributed by atoms with Crippen LogP contribution in [0.25, 0.3) is 0 Å². The van der Waals surface area contributed by atoms with Crippen molar-refractivity contribution < 1.29 is 23.1 Å². The van der Waals surface area contributed by atoms with Crippen LogP contribution in [0.1, 0.15) is 27.5 Å². The largest absolute Gasteiger partial charge is 0.489 e. The van der Waals surface area contributed by atoms with Gasteiger partial charge in [-0.1, -0.05) is 42.5 Å². The van der Waals surface area contributed by atoms with Gasteiger partial charge in [-0.25, -0.2) is 8.78 Å². The van der Waals surface area contributed by atoms with Crippen molar-refractivity contribution in [2.24, 2.45) is 0 Å². The average Bonchev–Trinajstić information content (AvgIpc) is 2.78. The fraction of sp³-hybridized carbons (Fsp3) is 0.130. The fourth-order valence-electron chi connectivity index (χ4n) is 2.82. The van der Waals surface area contributed by atoms with E-state index < -0.39 is 29.5 Å². The summed E-state index contributed by atoms with van der Waals surface area (Å²) in [4.78, 5) is 24.9. The molecule has 7 heteroatoms. The summed E-state index contributed by atoms with van der Waals surface area (Å²) in [5.74, 6) is -2.78. The summed E-state index contributed by atoms with van der Waals surface area (Å²) in [6.45, 7) is 0.335. The van der Waals surface area contributed by atoms with Crippen molar-refractivity contribution in [2.45, 2.75) is 12.6 Å². The van der Waals surface area contributed by atoms with Crippen LogP contribution in [0, 0.1) is 11.6 Å². The van der Waals surface area contributed by atoms with Gasteiger partial charge in [0, 0.05) is 12.6 Å². The highest BCUT2D eigenvalue weighted by molar-refractivity contribution is 5.98. The Morgan fingerprint density at radius 1 is 0.933 bits per heavy atom. The number of benzene rings is 3. The second-order valence-corrected chi connectivity index (χ2v) is 6.50. The minimum Gasteiger partial charge on any atom is -0.489 e. The van der Waals surface area contributed by atoms with Crippen molar-refractivity contribution in [1.29, 1.82) is 0 Å². The number of rotatable bonds is 7. The first kappa shape index (κ1) is 21.0. The predicted octanol–water partition coefficient (Wildman–Crippen LogP) is 3.76. The van der Waals surface area contributed by atoms with Crippen molar-refractivity contribution in [3.05, 3.63) is 101 Å². The van der Waals surface area contributed by atoms with E-state index in [1.807, 2.05) is 30.3 Å². The third kappa shape index (κ3) is 5.20. The SMILES string of the molecule is CNC(=O)C(NC(=O)c1cccc(OCc2ccccc2)c1)c1ccc(F)c(F)c1. The van der Waals surface area contributed by atoms with Crippen molar-refractivity contribution in [3.63, 3.8) is 0 Å². The van der Waals surface area contributed by atoms with Gasteiger partial charge in [0.2, 0.25) is 5.91 Å². The van der Waals surface area contributed by atoms with Crippen LogP contribution in [0.4, 0.5) is 8.78 Å². The lowest BCUT2D eigenvalue weighted by molar-refractivity contribution is -0.122. The normalized spacial score (nSPS) is 11.4. The zero-order valence-electron chi connectivity index (χ0n) is 16.2. The summed E-state index contributed by atoms with van der Waals surface area (Å²) in [5, 5.41) is 4.96. The Hall–Kier alpha value is -3.74. The molecule has 2 N–H and O–H groups in total. The highest BCUT2D eigenvalue weighted by Crippen LogP contribution is 2.19. The van der Waals surface area contributed by atoms with E-state index in [0.29, 0.717) is 12.4 Å².